The van der Waals surface area contributed by atoms with Gasteiger partial charge >= 0.3 is 0 Å². The van der Waals surface area contributed by atoms with E-state index in [9.17, 15) is 13.5 Å². The SMILES string of the molecule is COc1cccc(O)c1NS(=O)(=O)c1ccc(C#N)nc1. The molecule has 0 fully saturated rings. The van der Waals surface area contributed by atoms with E-state index in [1.54, 1.807) is 6.07 Å². The first-order valence-electron chi connectivity index (χ1n) is 5.73. The molecule has 0 radical (unpaired) electrons. The number of anilines is 1. The number of nitrogens with zero attached hydrogens (tertiary/aromatic N) is 2. The molecule has 0 atom stereocenters. The van der Waals surface area contributed by atoms with Crippen molar-refractivity contribution in [2.45, 2.75) is 4.90 Å². The molecule has 0 aliphatic heterocycles. The number of hydrogen-bond donors (Lipinski definition) is 2. The molecule has 0 spiro atoms. The van der Waals surface area contributed by atoms with E-state index < -0.39 is 10.0 Å². The first-order chi connectivity index (χ1) is 9.97. The number of benzene rings is 1. The van der Waals surface area contributed by atoms with Crippen LogP contribution in [0.2, 0.25) is 0 Å². The third-order valence-corrected chi connectivity index (χ3v) is 3.96. The minimum Gasteiger partial charge on any atom is -0.506 e. The second-order valence-electron chi connectivity index (χ2n) is 3.95. The van der Waals surface area contributed by atoms with Crippen LogP contribution in [0.4, 0.5) is 5.69 Å². The first kappa shape index (κ1) is 14.6. The third-order valence-electron chi connectivity index (χ3n) is 2.62. The maximum absolute atomic E-state index is 12.2. The van der Waals surface area contributed by atoms with Gasteiger partial charge in [0.1, 0.15) is 33.8 Å². The number of phenolic OH excluding ortho intramolecular Hbond substituents is 1. The fourth-order valence-corrected chi connectivity index (χ4v) is 2.62. The number of para-hydroxylation sites is 1. The van der Waals surface area contributed by atoms with Crippen LogP contribution in [0.3, 0.4) is 0 Å². The number of rotatable bonds is 4. The number of nitriles is 1. The fraction of sp³-hybridized carbons (Fsp3) is 0.0769. The molecule has 2 rings (SSSR count). The summed E-state index contributed by atoms with van der Waals surface area (Å²) in [5.41, 5.74) is 0.0402. The van der Waals surface area contributed by atoms with Crippen LogP contribution in [-0.2, 0) is 10.0 Å². The summed E-state index contributed by atoms with van der Waals surface area (Å²) in [4.78, 5) is 3.56. The zero-order valence-corrected chi connectivity index (χ0v) is 11.8. The Morgan fingerprint density at radius 3 is 2.67 bits per heavy atom. The monoisotopic (exact) mass is 305 g/mol. The molecule has 8 heteroatoms. The summed E-state index contributed by atoms with van der Waals surface area (Å²) in [5, 5.41) is 18.4. The predicted molar refractivity (Wildman–Crippen MR) is 74.4 cm³/mol. The number of aromatic hydroxyl groups is 1. The molecule has 0 bridgehead atoms. The molecule has 21 heavy (non-hydrogen) atoms. The van der Waals surface area contributed by atoms with Gasteiger partial charge in [0.2, 0.25) is 0 Å². The summed E-state index contributed by atoms with van der Waals surface area (Å²) in [6, 6.07) is 8.70. The van der Waals surface area contributed by atoms with Crippen molar-refractivity contribution in [3.05, 3.63) is 42.2 Å². The summed E-state index contributed by atoms with van der Waals surface area (Å²) in [6.07, 6.45) is 1.06. The lowest BCUT2D eigenvalue weighted by atomic mass is 10.3. The van der Waals surface area contributed by atoms with Gasteiger partial charge in [-0.15, -0.1) is 0 Å². The molecule has 1 aromatic heterocycles. The van der Waals surface area contributed by atoms with Crippen LogP contribution in [0.1, 0.15) is 5.69 Å². The molecule has 2 N–H and O–H groups in total. The lowest BCUT2D eigenvalue weighted by Crippen LogP contribution is -2.14. The van der Waals surface area contributed by atoms with Crippen LogP contribution < -0.4 is 9.46 Å². The molecular formula is C13H11N3O4S. The van der Waals surface area contributed by atoms with Crippen LogP contribution in [0, 0.1) is 11.3 Å². The smallest absolute Gasteiger partial charge is 0.263 e. The molecule has 0 aliphatic rings. The van der Waals surface area contributed by atoms with E-state index in [0.717, 1.165) is 6.20 Å². The number of pyridine rings is 1. The molecule has 0 unspecified atom stereocenters. The second-order valence-corrected chi connectivity index (χ2v) is 5.63. The van der Waals surface area contributed by atoms with E-state index in [0.29, 0.717) is 0 Å². The lowest BCUT2D eigenvalue weighted by Gasteiger charge is -2.12. The maximum Gasteiger partial charge on any atom is 0.263 e. The molecular weight excluding hydrogens is 294 g/mol. The lowest BCUT2D eigenvalue weighted by molar-refractivity contribution is 0.411. The van der Waals surface area contributed by atoms with Gasteiger partial charge in [0.05, 0.1) is 7.11 Å². The number of sulfonamides is 1. The quantitative estimate of drug-likeness (QED) is 0.827. The molecule has 0 saturated heterocycles. The Morgan fingerprint density at radius 2 is 2.10 bits per heavy atom. The van der Waals surface area contributed by atoms with Crippen LogP contribution in [-0.4, -0.2) is 25.6 Å². The van der Waals surface area contributed by atoms with Gasteiger partial charge in [0, 0.05) is 6.20 Å². The molecule has 0 saturated carbocycles. The normalized spacial score (nSPS) is 10.7. The highest BCUT2D eigenvalue weighted by molar-refractivity contribution is 7.92. The number of methoxy groups -OCH3 is 1. The van der Waals surface area contributed by atoms with Crippen LogP contribution in [0.5, 0.6) is 11.5 Å². The summed E-state index contributed by atoms with van der Waals surface area (Å²) in [6.45, 7) is 0. The van der Waals surface area contributed by atoms with Crippen molar-refractivity contribution in [2.24, 2.45) is 0 Å². The van der Waals surface area contributed by atoms with Crippen molar-refractivity contribution in [1.29, 1.82) is 5.26 Å². The van der Waals surface area contributed by atoms with E-state index in [2.05, 4.69) is 9.71 Å². The van der Waals surface area contributed by atoms with Gasteiger partial charge in [-0.1, -0.05) is 6.07 Å². The van der Waals surface area contributed by atoms with E-state index >= 15 is 0 Å². The standard InChI is InChI=1S/C13H11N3O4S/c1-20-12-4-2-3-11(17)13(12)16-21(18,19)10-6-5-9(7-14)15-8-10/h2-6,8,16-17H,1H3. The zero-order chi connectivity index (χ0) is 15.5. The van der Waals surface area contributed by atoms with Crippen molar-refractivity contribution < 1.29 is 18.3 Å². The Labute approximate surface area is 121 Å². The van der Waals surface area contributed by atoms with Crippen molar-refractivity contribution >= 4 is 15.7 Å². The highest BCUT2D eigenvalue weighted by atomic mass is 32.2. The van der Waals surface area contributed by atoms with E-state index in [-0.39, 0.29) is 27.8 Å². The average Bonchev–Trinajstić information content (AvgIpc) is 2.49. The molecule has 0 aliphatic carbocycles. The summed E-state index contributed by atoms with van der Waals surface area (Å²) < 4.78 is 31.7. The number of nitrogens with one attached hydrogen (secondary N) is 1. The number of hydrogen-bond acceptors (Lipinski definition) is 6. The van der Waals surface area contributed by atoms with Crippen molar-refractivity contribution in [3.8, 4) is 17.6 Å². The van der Waals surface area contributed by atoms with E-state index in [1.807, 2.05) is 0 Å². The molecule has 1 heterocycles. The minimum absolute atomic E-state index is 0.0654. The van der Waals surface area contributed by atoms with Gasteiger partial charge < -0.3 is 9.84 Å². The Hall–Kier alpha value is -2.79. The van der Waals surface area contributed by atoms with Gasteiger partial charge in [-0.2, -0.15) is 5.26 Å². The van der Waals surface area contributed by atoms with Gasteiger partial charge in [-0.3, -0.25) is 4.72 Å². The fourth-order valence-electron chi connectivity index (χ4n) is 1.59. The van der Waals surface area contributed by atoms with Gasteiger partial charge in [0.25, 0.3) is 10.0 Å². The Balaban J connectivity index is 2.40. The molecule has 108 valence electrons. The van der Waals surface area contributed by atoms with Gasteiger partial charge in [-0.25, -0.2) is 13.4 Å². The topological polar surface area (TPSA) is 112 Å². The molecule has 0 amide bonds. The van der Waals surface area contributed by atoms with Crippen LogP contribution >= 0.6 is 0 Å². The summed E-state index contributed by atoms with van der Waals surface area (Å²) in [5.74, 6) is -0.0836. The number of aromatic nitrogens is 1. The third kappa shape index (κ3) is 3.04. The van der Waals surface area contributed by atoms with Crippen LogP contribution in [0.25, 0.3) is 0 Å². The number of ether oxygens (including phenoxy) is 1. The Morgan fingerprint density at radius 1 is 1.33 bits per heavy atom. The molecule has 7 nitrogen and oxygen atoms in total. The largest absolute Gasteiger partial charge is 0.506 e. The van der Waals surface area contributed by atoms with Crippen LogP contribution in [0.15, 0.2) is 41.4 Å². The van der Waals surface area contributed by atoms with Crippen molar-refractivity contribution in [3.63, 3.8) is 0 Å². The maximum atomic E-state index is 12.2. The second kappa shape index (κ2) is 5.68. The summed E-state index contributed by atoms with van der Waals surface area (Å²) >= 11 is 0. The van der Waals surface area contributed by atoms with Gasteiger partial charge in [-0.05, 0) is 24.3 Å². The molecule has 1 aromatic carbocycles. The van der Waals surface area contributed by atoms with Crippen molar-refractivity contribution in [1.82, 2.24) is 4.98 Å². The highest BCUT2D eigenvalue weighted by Crippen LogP contribution is 2.34. The van der Waals surface area contributed by atoms with E-state index in [1.165, 1.54) is 37.4 Å². The minimum atomic E-state index is -3.96. The highest BCUT2D eigenvalue weighted by Gasteiger charge is 2.19. The van der Waals surface area contributed by atoms with Crippen molar-refractivity contribution in [2.75, 3.05) is 11.8 Å². The van der Waals surface area contributed by atoms with E-state index in [4.69, 9.17) is 10.00 Å². The average molecular weight is 305 g/mol. The molecule has 2 aromatic rings. The number of phenols is 1. The zero-order valence-electron chi connectivity index (χ0n) is 10.9. The Bertz CT molecular complexity index is 795. The summed E-state index contributed by atoms with van der Waals surface area (Å²) in [7, 11) is -2.60. The Kier molecular flexibility index (Phi) is 3.95. The first-order valence-corrected chi connectivity index (χ1v) is 7.21. The van der Waals surface area contributed by atoms with Gasteiger partial charge in [0.15, 0.2) is 0 Å². The predicted octanol–water partition coefficient (Wildman–Crippen LogP) is 1.47.